The van der Waals surface area contributed by atoms with E-state index in [2.05, 4.69) is 37.0 Å². The average Bonchev–Trinajstić information content (AvgIpc) is 2.52. The Labute approximate surface area is 99.1 Å². The molecule has 15 heavy (non-hydrogen) atoms. The minimum absolute atomic E-state index is 0.637. The van der Waals surface area contributed by atoms with Gasteiger partial charge in [0.1, 0.15) is 0 Å². The van der Waals surface area contributed by atoms with E-state index < -0.39 is 0 Å². The van der Waals surface area contributed by atoms with Crippen molar-refractivity contribution < 1.29 is 0 Å². The summed E-state index contributed by atoms with van der Waals surface area (Å²) in [6.07, 6.45) is 9.32. The average molecular weight is 227 g/mol. The molecule has 0 radical (unpaired) electrons. The van der Waals surface area contributed by atoms with Gasteiger partial charge in [-0.15, -0.1) is 0 Å². The maximum Gasteiger partial charge on any atom is 0.0370 e. The number of allylic oxidation sites excluding steroid dienone is 1. The Bertz CT molecular complexity index is 189. The molecule has 0 fully saturated rings. The van der Waals surface area contributed by atoms with E-state index in [1.54, 1.807) is 5.57 Å². The van der Waals surface area contributed by atoms with E-state index in [-0.39, 0.29) is 0 Å². The highest BCUT2D eigenvalue weighted by atomic mass is 32.2. The predicted molar refractivity (Wildman–Crippen MR) is 71.6 cm³/mol. The van der Waals surface area contributed by atoms with Crippen LogP contribution in [0.2, 0.25) is 0 Å². The maximum absolute atomic E-state index is 3.63. The van der Waals surface area contributed by atoms with Gasteiger partial charge in [0, 0.05) is 11.8 Å². The largest absolute Gasteiger partial charge is 0.310 e. The molecule has 1 nitrogen and oxygen atoms in total. The van der Waals surface area contributed by atoms with Crippen molar-refractivity contribution in [1.29, 1.82) is 0 Å². The zero-order valence-electron chi connectivity index (χ0n) is 10.2. The Morgan fingerprint density at radius 1 is 1.33 bits per heavy atom. The quantitative estimate of drug-likeness (QED) is 0.696. The van der Waals surface area contributed by atoms with E-state index in [0.29, 0.717) is 6.04 Å². The van der Waals surface area contributed by atoms with Crippen molar-refractivity contribution in [3.05, 3.63) is 11.6 Å². The minimum atomic E-state index is 0.637. The van der Waals surface area contributed by atoms with Gasteiger partial charge in [-0.25, -0.2) is 0 Å². The molecular formula is C13H25NS. The van der Waals surface area contributed by atoms with Crippen LogP contribution in [0.5, 0.6) is 0 Å². The Hall–Kier alpha value is 0.0500. The second-order valence-corrected chi connectivity index (χ2v) is 5.47. The van der Waals surface area contributed by atoms with Crippen molar-refractivity contribution >= 4 is 11.8 Å². The van der Waals surface area contributed by atoms with Crippen LogP contribution in [0.3, 0.4) is 0 Å². The molecule has 1 rings (SSSR count). The van der Waals surface area contributed by atoms with Crippen molar-refractivity contribution in [3.63, 3.8) is 0 Å². The fraction of sp³-hybridized carbons (Fsp3) is 0.846. The first kappa shape index (κ1) is 13.1. The van der Waals surface area contributed by atoms with Crippen LogP contribution in [-0.2, 0) is 0 Å². The lowest BCUT2D eigenvalue weighted by molar-refractivity contribution is 0.608. The predicted octanol–water partition coefficient (Wildman–Crippen LogP) is 3.61. The third kappa shape index (κ3) is 5.07. The fourth-order valence-corrected chi connectivity index (χ4v) is 2.94. The molecular weight excluding hydrogens is 202 g/mol. The molecule has 0 aromatic carbocycles. The van der Waals surface area contributed by atoms with E-state index in [1.165, 1.54) is 43.6 Å². The smallest absolute Gasteiger partial charge is 0.0370 e. The molecule has 0 amide bonds. The lowest BCUT2D eigenvalue weighted by atomic mass is 10.0. The molecule has 1 unspecified atom stereocenters. The lowest BCUT2D eigenvalue weighted by Gasteiger charge is -2.20. The summed E-state index contributed by atoms with van der Waals surface area (Å²) in [7, 11) is 0. The number of likely N-dealkylation sites (N-methyl/N-ethyl adjacent to an activating group) is 1. The molecule has 0 spiro atoms. The highest BCUT2D eigenvalue weighted by Gasteiger charge is 2.13. The summed E-state index contributed by atoms with van der Waals surface area (Å²) in [5.41, 5.74) is 1.68. The Morgan fingerprint density at radius 2 is 2.20 bits per heavy atom. The first-order valence-corrected chi connectivity index (χ1v) is 7.54. The van der Waals surface area contributed by atoms with Gasteiger partial charge in [0.25, 0.3) is 0 Å². The van der Waals surface area contributed by atoms with Gasteiger partial charge in [0.15, 0.2) is 0 Å². The van der Waals surface area contributed by atoms with E-state index in [0.717, 1.165) is 6.54 Å². The standard InChI is InChI=1S/C13H25NS/c1-3-14-13(11-15-4-2)12-9-7-5-6-8-10-12/h9,13-14H,3-8,10-11H2,1-2H3. The molecule has 1 aliphatic rings. The second kappa shape index (κ2) is 8.23. The molecule has 1 atom stereocenters. The van der Waals surface area contributed by atoms with Crippen molar-refractivity contribution in [2.24, 2.45) is 0 Å². The summed E-state index contributed by atoms with van der Waals surface area (Å²) < 4.78 is 0. The zero-order chi connectivity index (χ0) is 10.9. The van der Waals surface area contributed by atoms with Crippen molar-refractivity contribution in [2.75, 3.05) is 18.1 Å². The van der Waals surface area contributed by atoms with Crippen LogP contribution < -0.4 is 5.32 Å². The van der Waals surface area contributed by atoms with Crippen molar-refractivity contribution in [1.82, 2.24) is 5.32 Å². The summed E-state index contributed by atoms with van der Waals surface area (Å²) in [6.45, 7) is 5.54. The van der Waals surface area contributed by atoms with E-state index in [4.69, 9.17) is 0 Å². The summed E-state index contributed by atoms with van der Waals surface area (Å²) in [5, 5.41) is 3.63. The van der Waals surface area contributed by atoms with Gasteiger partial charge in [-0.2, -0.15) is 11.8 Å². The molecule has 0 heterocycles. The van der Waals surface area contributed by atoms with Crippen LogP contribution in [-0.4, -0.2) is 24.1 Å². The van der Waals surface area contributed by atoms with Crippen LogP contribution >= 0.6 is 11.8 Å². The van der Waals surface area contributed by atoms with Crippen molar-refractivity contribution in [3.8, 4) is 0 Å². The molecule has 0 bridgehead atoms. The van der Waals surface area contributed by atoms with Gasteiger partial charge in [-0.3, -0.25) is 0 Å². The van der Waals surface area contributed by atoms with E-state index in [9.17, 15) is 0 Å². The summed E-state index contributed by atoms with van der Waals surface area (Å²) in [5.74, 6) is 2.48. The number of thioether (sulfide) groups is 1. The molecule has 2 heteroatoms. The van der Waals surface area contributed by atoms with Gasteiger partial charge in [0.05, 0.1) is 0 Å². The molecule has 0 aromatic heterocycles. The Morgan fingerprint density at radius 3 is 2.93 bits per heavy atom. The topological polar surface area (TPSA) is 12.0 Å². The SMILES string of the molecule is CCNC(CSCC)C1=CCCCCC1. The first-order chi connectivity index (χ1) is 7.38. The minimum Gasteiger partial charge on any atom is -0.310 e. The normalized spacial score (nSPS) is 19.5. The molecule has 0 aliphatic heterocycles. The zero-order valence-corrected chi connectivity index (χ0v) is 11.0. The number of rotatable bonds is 6. The highest BCUT2D eigenvalue weighted by Crippen LogP contribution is 2.21. The van der Waals surface area contributed by atoms with E-state index in [1.807, 2.05) is 0 Å². The van der Waals surface area contributed by atoms with Gasteiger partial charge in [-0.1, -0.05) is 31.9 Å². The van der Waals surface area contributed by atoms with Crippen LogP contribution in [0, 0.1) is 0 Å². The van der Waals surface area contributed by atoms with Gasteiger partial charge >= 0.3 is 0 Å². The van der Waals surface area contributed by atoms with Crippen LogP contribution in [0.25, 0.3) is 0 Å². The monoisotopic (exact) mass is 227 g/mol. The molecule has 0 saturated carbocycles. The first-order valence-electron chi connectivity index (χ1n) is 6.38. The Balaban J connectivity index is 2.47. The molecule has 0 saturated heterocycles. The summed E-state index contributed by atoms with van der Waals surface area (Å²) in [4.78, 5) is 0. The highest BCUT2D eigenvalue weighted by molar-refractivity contribution is 7.99. The molecule has 1 aliphatic carbocycles. The fourth-order valence-electron chi connectivity index (χ4n) is 2.14. The number of hydrogen-bond donors (Lipinski definition) is 1. The van der Waals surface area contributed by atoms with E-state index >= 15 is 0 Å². The van der Waals surface area contributed by atoms with Crippen LogP contribution in [0.15, 0.2) is 11.6 Å². The van der Waals surface area contributed by atoms with Crippen LogP contribution in [0.1, 0.15) is 46.0 Å². The number of nitrogens with one attached hydrogen (secondary N) is 1. The second-order valence-electron chi connectivity index (χ2n) is 4.15. The molecule has 0 aromatic rings. The third-order valence-electron chi connectivity index (χ3n) is 2.96. The van der Waals surface area contributed by atoms with Gasteiger partial charge in [0.2, 0.25) is 0 Å². The van der Waals surface area contributed by atoms with Crippen molar-refractivity contribution in [2.45, 2.75) is 52.0 Å². The maximum atomic E-state index is 3.63. The molecule has 88 valence electrons. The molecule has 1 N–H and O–H groups in total. The number of hydrogen-bond acceptors (Lipinski definition) is 2. The third-order valence-corrected chi connectivity index (χ3v) is 3.94. The summed E-state index contributed by atoms with van der Waals surface area (Å²) >= 11 is 2.05. The van der Waals surface area contributed by atoms with Gasteiger partial charge in [-0.05, 0) is 38.0 Å². The summed E-state index contributed by atoms with van der Waals surface area (Å²) in [6, 6.07) is 0.637. The lowest BCUT2D eigenvalue weighted by Crippen LogP contribution is -2.33. The van der Waals surface area contributed by atoms with Crippen LogP contribution in [0.4, 0.5) is 0 Å². The Kier molecular flexibility index (Phi) is 7.20. The van der Waals surface area contributed by atoms with Gasteiger partial charge < -0.3 is 5.32 Å².